The van der Waals surface area contributed by atoms with E-state index in [0.29, 0.717) is 40.5 Å². The van der Waals surface area contributed by atoms with Gasteiger partial charge in [0.05, 0.1) is 16.6 Å². The molecule has 1 aliphatic heterocycles. The van der Waals surface area contributed by atoms with Crippen LogP contribution in [0.2, 0.25) is 5.02 Å². The molecule has 0 spiro atoms. The van der Waals surface area contributed by atoms with Crippen LogP contribution in [-0.2, 0) is 11.3 Å². The van der Waals surface area contributed by atoms with Crippen molar-refractivity contribution in [2.24, 2.45) is 4.99 Å². The van der Waals surface area contributed by atoms with Crippen molar-refractivity contribution in [3.63, 3.8) is 0 Å². The summed E-state index contributed by atoms with van der Waals surface area (Å²) in [4.78, 5) is 13.1. The van der Waals surface area contributed by atoms with E-state index in [4.69, 9.17) is 21.1 Å². The molecule has 36 heavy (non-hydrogen) atoms. The summed E-state index contributed by atoms with van der Waals surface area (Å²) in [5.41, 5.74) is 2.90. The van der Waals surface area contributed by atoms with Gasteiger partial charge < -0.3 is 25.2 Å². The number of halogens is 2. The van der Waals surface area contributed by atoms with Crippen LogP contribution in [0.5, 0.6) is 5.75 Å². The summed E-state index contributed by atoms with van der Waals surface area (Å²) in [5, 5.41) is 17.3. The second-order valence-electron chi connectivity index (χ2n) is 8.32. The Kier molecular flexibility index (Phi) is 6.84. The molecule has 184 valence electrons. The quantitative estimate of drug-likeness (QED) is 0.312. The number of rotatable bonds is 7. The SMILES string of the molecule is C[C@@H](O)C1COC(Nc2ccc3ncnc(Nc4ccc(OCc5cccc(F)c5)c(Cl)c4)c3c2)=N1. The lowest BCUT2D eigenvalue weighted by molar-refractivity contribution is 0.145. The highest BCUT2D eigenvalue weighted by Gasteiger charge is 2.23. The van der Waals surface area contributed by atoms with Crippen molar-refractivity contribution in [2.45, 2.75) is 25.7 Å². The largest absolute Gasteiger partial charge is 0.487 e. The van der Waals surface area contributed by atoms with Gasteiger partial charge in [0.25, 0.3) is 6.02 Å². The van der Waals surface area contributed by atoms with Gasteiger partial charge in [-0.3, -0.25) is 0 Å². The maximum Gasteiger partial charge on any atom is 0.289 e. The van der Waals surface area contributed by atoms with Crippen LogP contribution >= 0.6 is 11.6 Å². The van der Waals surface area contributed by atoms with Crippen LogP contribution in [0.3, 0.4) is 0 Å². The van der Waals surface area contributed by atoms with E-state index in [2.05, 4.69) is 25.6 Å². The Morgan fingerprint density at radius 3 is 2.72 bits per heavy atom. The number of hydrogen-bond donors (Lipinski definition) is 3. The number of aliphatic imine (C=N–C) groups is 1. The first kappa shape index (κ1) is 23.8. The third-order valence-electron chi connectivity index (χ3n) is 5.60. The van der Waals surface area contributed by atoms with E-state index in [-0.39, 0.29) is 18.5 Å². The lowest BCUT2D eigenvalue weighted by atomic mass is 10.2. The van der Waals surface area contributed by atoms with Gasteiger partial charge in [-0.15, -0.1) is 0 Å². The minimum Gasteiger partial charge on any atom is -0.487 e. The molecule has 3 aromatic carbocycles. The number of nitrogens with zero attached hydrogens (tertiary/aromatic N) is 3. The summed E-state index contributed by atoms with van der Waals surface area (Å²) in [6.45, 7) is 2.21. The average molecular weight is 508 g/mol. The summed E-state index contributed by atoms with van der Waals surface area (Å²) in [6.07, 6.45) is 0.891. The smallest absolute Gasteiger partial charge is 0.289 e. The molecule has 3 N–H and O–H groups in total. The molecule has 0 saturated carbocycles. The molecule has 0 aliphatic carbocycles. The standard InChI is InChI=1S/C26H23ClFN5O3/c1-15(34)23-13-36-26(33-23)32-18-5-7-22-20(10-18)25(30-14-29-22)31-19-6-8-24(21(27)11-19)35-12-16-3-2-4-17(28)9-16/h2-11,14-15,23,34H,12-13H2,1H3,(H,32,33)(H,29,30,31)/t15-,23?/m1/s1. The van der Waals surface area contributed by atoms with Crippen molar-refractivity contribution >= 4 is 45.7 Å². The molecule has 0 fully saturated rings. The number of nitrogens with one attached hydrogen (secondary N) is 2. The fourth-order valence-electron chi connectivity index (χ4n) is 3.68. The van der Waals surface area contributed by atoms with E-state index < -0.39 is 6.10 Å². The molecule has 8 nitrogen and oxygen atoms in total. The minimum absolute atomic E-state index is 0.198. The Bertz CT molecular complexity index is 1430. The zero-order chi connectivity index (χ0) is 25.1. The van der Waals surface area contributed by atoms with Crippen molar-refractivity contribution < 1.29 is 19.0 Å². The normalized spacial score (nSPS) is 15.8. The van der Waals surface area contributed by atoms with E-state index in [9.17, 15) is 9.50 Å². The van der Waals surface area contributed by atoms with E-state index in [1.54, 1.807) is 31.2 Å². The number of anilines is 3. The zero-order valence-electron chi connectivity index (χ0n) is 19.3. The fraction of sp³-hybridized carbons (Fsp3) is 0.192. The molecule has 0 radical (unpaired) electrons. The van der Waals surface area contributed by atoms with Crippen LogP contribution < -0.4 is 15.4 Å². The van der Waals surface area contributed by atoms with E-state index in [1.807, 2.05) is 24.3 Å². The molecule has 2 heterocycles. The number of aromatic nitrogens is 2. The van der Waals surface area contributed by atoms with Gasteiger partial charge >= 0.3 is 0 Å². The lowest BCUT2D eigenvalue weighted by Gasteiger charge is -2.13. The summed E-state index contributed by atoms with van der Waals surface area (Å²) in [5.74, 6) is 0.757. The molecule has 0 bridgehead atoms. The number of fused-ring (bicyclic) bond motifs is 1. The van der Waals surface area contributed by atoms with Crippen molar-refractivity contribution in [3.8, 4) is 5.75 Å². The van der Waals surface area contributed by atoms with Crippen LogP contribution in [0.15, 0.2) is 72.0 Å². The Morgan fingerprint density at radius 1 is 1.11 bits per heavy atom. The fourth-order valence-corrected chi connectivity index (χ4v) is 3.92. The lowest BCUT2D eigenvalue weighted by Crippen LogP contribution is -2.21. The van der Waals surface area contributed by atoms with Gasteiger partial charge in [-0.1, -0.05) is 23.7 Å². The van der Waals surface area contributed by atoms with Crippen molar-refractivity contribution in [1.82, 2.24) is 9.97 Å². The van der Waals surface area contributed by atoms with Gasteiger partial charge in [0.2, 0.25) is 0 Å². The van der Waals surface area contributed by atoms with E-state index in [1.165, 1.54) is 18.5 Å². The van der Waals surface area contributed by atoms with E-state index >= 15 is 0 Å². The molecular weight excluding hydrogens is 485 g/mol. The Labute approximate surface area is 211 Å². The van der Waals surface area contributed by atoms with Gasteiger partial charge in [0, 0.05) is 16.8 Å². The van der Waals surface area contributed by atoms with Crippen LogP contribution in [0.4, 0.5) is 21.6 Å². The molecule has 4 aromatic rings. The van der Waals surface area contributed by atoms with Crippen LogP contribution in [0, 0.1) is 5.82 Å². The topological polar surface area (TPSA) is 101 Å². The van der Waals surface area contributed by atoms with Crippen molar-refractivity contribution in [2.75, 3.05) is 17.2 Å². The predicted octanol–water partition coefficient (Wildman–Crippen LogP) is 5.29. The molecule has 1 unspecified atom stereocenters. The van der Waals surface area contributed by atoms with Crippen molar-refractivity contribution in [3.05, 3.63) is 83.4 Å². The van der Waals surface area contributed by atoms with Crippen molar-refractivity contribution in [1.29, 1.82) is 0 Å². The molecule has 0 saturated heterocycles. The van der Waals surface area contributed by atoms with Gasteiger partial charge in [-0.25, -0.2) is 19.4 Å². The highest BCUT2D eigenvalue weighted by Crippen LogP contribution is 2.31. The molecule has 1 aromatic heterocycles. The average Bonchev–Trinajstić information content (AvgIpc) is 3.33. The zero-order valence-corrected chi connectivity index (χ0v) is 20.0. The molecule has 5 rings (SSSR count). The predicted molar refractivity (Wildman–Crippen MR) is 137 cm³/mol. The maximum atomic E-state index is 13.4. The van der Waals surface area contributed by atoms with Crippen LogP contribution in [0.1, 0.15) is 12.5 Å². The first-order chi connectivity index (χ1) is 17.4. The highest BCUT2D eigenvalue weighted by molar-refractivity contribution is 6.32. The van der Waals surface area contributed by atoms with Crippen LogP contribution in [0.25, 0.3) is 10.9 Å². The Morgan fingerprint density at radius 2 is 1.94 bits per heavy atom. The summed E-state index contributed by atoms with van der Waals surface area (Å²) in [7, 11) is 0. The summed E-state index contributed by atoms with van der Waals surface area (Å²) >= 11 is 6.44. The molecule has 10 heteroatoms. The number of aliphatic hydroxyl groups excluding tert-OH is 1. The molecule has 0 amide bonds. The second-order valence-corrected chi connectivity index (χ2v) is 8.73. The summed E-state index contributed by atoms with van der Waals surface area (Å²) in [6, 6.07) is 17.2. The number of benzene rings is 3. The molecule has 1 aliphatic rings. The first-order valence-corrected chi connectivity index (χ1v) is 11.7. The maximum absolute atomic E-state index is 13.4. The van der Waals surface area contributed by atoms with Crippen LogP contribution in [-0.4, -0.2) is 39.8 Å². The van der Waals surface area contributed by atoms with Gasteiger partial charge in [0.15, 0.2) is 0 Å². The number of amidine groups is 1. The molecular formula is C26H23ClFN5O3. The minimum atomic E-state index is -0.588. The Hall–Kier alpha value is -3.95. The summed E-state index contributed by atoms with van der Waals surface area (Å²) < 4.78 is 24.7. The van der Waals surface area contributed by atoms with Gasteiger partial charge in [-0.05, 0) is 61.0 Å². The second kappa shape index (κ2) is 10.3. The van der Waals surface area contributed by atoms with Gasteiger partial charge in [0.1, 0.15) is 43.0 Å². The third kappa shape index (κ3) is 5.48. The van der Waals surface area contributed by atoms with Gasteiger partial charge in [-0.2, -0.15) is 0 Å². The van der Waals surface area contributed by atoms with E-state index in [0.717, 1.165) is 16.6 Å². The third-order valence-corrected chi connectivity index (χ3v) is 5.89. The highest BCUT2D eigenvalue weighted by atomic mass is 35.5. The molecule has 2 atom stereocenters. The number of hydrogen-bond acceptors (Lipinski definition) is 8. The number of ether oxygens (including phenoxy) is 2. The number of aliphatic hydroxyl groups is 1. The Balaban J connectivity index is 1.32. The first-order valence-electron chi connectivity index (χ1n) is 11.3. The monoisotopic (exact) mass is 507 g/mol.